The van der Waals surface area contributed by atoms with Crippen LogP contribution in [0.25, 0.3) is 0 Å². The summed E-state index contributed by atoms with van der Waals surface area (Å²) in [4.78, 5) is 21.8. The highest BCUT2D eigenvalue weighted by molar-refractivity contribution is 5.82. The minimum Gasteiger partial charge on any atom is -0.480 e. The van der Waals surface area contributed by atoms with E-state index in [9.17, 15) is 9.59 Å². The van der Waals surface area contributed by atoms with E-state index < -0.39 is 17.9 Å². The average Bonchev–Trinajstić information content (AvgIpc) is 2.36. The number of carboxylic acid groups (broad SMARTS) is 1. The van der Waals surface area contributed by atoms with Crippen LogP contribution in [0, 0.1) is 11.3 Å². The third-order valence-corrected chi connectivity index (χ3v) is 2.42. The number of carbonyl (C=O) groups excluding carboxylic acids is 1. The minimum absolute atomic E-state index is 0.0898. The first-order valence-electron chi connectivity index (χ1n) is 5.72. The van der Waals surface area contributed by atoms with Crippen LogP contribution in [0.3, 0.4) is 0 Å². The first kappa shape index (κ1) is 14.5. The Bertz CT molecular complexity index is 491. The molecule has 3 N–H and O–H groups in total. The summed E-state index contributed by atoms with van der Waals surface area (Å²) in [6, 6.07) is 8.18. The fourth-order valence-electron chi connectivity index (χ4n) is 1.50. The highest BCUT2D eigenvalue weighted by Crippen LogP contribution is 2.09. The lowest BCUT2D eigenvalue weighted by atomic mass is 10.1. The first-order chi connectivity index (χ1) is 9.02. The van der Waals surface area contributed by atoms with Gasteiger partial charge in [-0.05, 0) is 17.7 Å². The van der Waals surface area contributed by atoms with E-state index in [2.05, 4.69) is 10.6 Å². The molecule has 0 spiro atoms. The van der Waals surface area contributed by atoms with Gasteiger partial charge in [0.1, 0.15) is 6.04 Å². The molecule has 1 amide bonds. The molecule has 0 aliphatic rings. The van der Waals surface area contributed by atoms with Crippen LogP contribution in [0.1, 0.15) is 12.5 Å². The van der Waals surface area contributed by atoms with Crippen molar-refractivity contribution in [1.29, 1.82) is 5.26 Å². The van der Waals surface area contributed by atoms with Crippen molar-refractivity contribution in [3.63, 3.8) is 0 Å². The number of hydrogen-bond donors (Lipinski definition) is 3. The van der Waals surface area contributed by atoms with E-state index in [0.29, 0.717) is 6.42 Å². The largest absolute Gasteiger partial charge is 0.480 e. The number of nitriles is 1. The van der Waals surface area contributed by atoms with Gasteiger partial charge in [0, 0.05) is 19.2 Å². The Kier molecular flexibility index (Phi) is 5.35. The molecule has 0 saturated carbocycles. The van der Waals surface area contributed by atoms with Gasteiger partial charge in [0.15, 0.2) is 0 Å². The molecule has 0 bridgehead atoms. The number of nitrogens with zero attached hydrogens (tertiary/aromatic N) is 1. The number of carboxylic acids is 1. The first-order valence-corrected chi connectivity index (χ1v) is 5.72. The predicted molar refractivity (Wildman–Crippen MR) is 69.5 cm³/mol. The lowest BCUT2D eigenvalue weighted by molar-refractivity contribution is -0.141. The third-order valence-electron chi connectivity index (χ3n) is 2.42. The van der Waals surface area contributed by atoms with Gasteiger partial charge in [0.05, 0.1) is 12.5 Å². The average molecular weight is 261 g/mol. The summed E-state index contributed by atoms with van der Waals surface area (Å²) in [6.07, 6.45) is 0.337. The molecule has 0 radical (unpaired) electrons. The lowest BCUT2D eigenvalue weighted by Gasteiger charge is -2.15. The number of carbonyl (C=O) groups is 2. The van der Waals surface area contributed by atoms with E-state index in [0.717, 1.165) is 11.3 Å². The molecule has 6 heteroatoms. The summed E-state index contributed by atoms with van der Waals surface area (Å²) in [5.41, 5.74) is 1.63. The topological polar surface area (TPSA) is 102 Å². The van der Waals surface area contributed by atoms with E-state index in [1.54, 1.807) is 24.3 Å². The van der Waals surface area contributed by atoms with E-state index in [4.69, 9.17) is 10.4 Å². The SMILES string of the molecule is CC(=O)NC(CNc1ccc(CC#N)cc1)C(=O)O. The number of hydrogen-bond acceptors (Lipinski definition) is 4. The second-order valence-corrected chi connectivity index (χ2v) is 4.00. The zero-order valence-corrected chi connectivity index (χ0v) is 10.5. The van der Waals surface area contributed by atoms with Gasteiger partial charge in [-0.1, -0.05) is 12.1 Å². The number of anilines is 1. The Morgan fingerprint density at radius 2 is 2.00 bits per heavy atom. The van der Waals surface area contributed by atoms with Gasteiger partial charge in [-0.2, -0.15) is 5.26 Å². The fraction of sp³-hybridized carbons (Fsp3) is 0.308. The third kappa shape index (κ3) is 5.08. The highest BCUT2D eigenvalue weighted by atomic mass is 16.4. The highest BCUT2D eigenvalue weighted by Gasteiger charge is 2.17. The second-order valence-electron chi connectivity index (χ2n) is 4.00. The van der Waals surface area contributed by atoms with Crippen molar-refractivity contribution >= 4 is 17.6 Å². The molecule has 6 nitrogen and oxygen atoms in total. The van der Waals surface area contributed by atoms with Crippen molar-refractivity contribution in [1.82, 2.24) is 5.32 Å². The zero-order valence-electron chi connectivity index (χ0n) is 10.5. The molecule has 1 unspecified atom stereocenters. The molecule has 0 fully saturated rings. The summed E-state index contributed by atoms with van der Waals surface area (Å²) in [5.74, 6) is -1.48. The van der Waals surface area contributed by atoms with Crippen LogP contribution in [0.4, 0.5) is 5.69 Å². The summed E-state index contributed by atoms with van der Waals surface area (Å²) in [6.45, 7) is 1.36. The molecule has 1 rings (SSSR count). The zero-order chi connectivity index (χ0) is 14.3. The standard InChI is InChI=1S/C13H15N3O3/c1-9(17)16-12(13(18)19)8-15-11-4-2-10(3-5-11)6-7-14/h2-5,12,15H,6,8H2,1H3,(H,16,17)(H,18,19). The molecular formula is C13H15N3O3. The van der Waals surface area contributed by atoms with Crippen molar-refractivity contribution in [2.24, 2.45) is 0 Å². The number of amides is 1. The van der Waals surface area contributed by atoms with Gasteiger partial charge < -0.3 is 15.7 Å². The van der Waals surface area contributed by atoms with Crippen molar-refractivity contribution in [2.75, 3.05) is 11.9 Å². The molecule has 0 aromatic heterocycles. The van der Waals surface area contributed by atoms with Crippen molar-refractivity contribution in [2.45, 2.75) is 19.4 Å². The van der Waals surface area contributed by atoms with Gasteiger partial charge in [-0.3, -0.25) is 4.79 Å². The Hall–Kier alpha value is -2.55. The molecule has 1 atom stereocenters. The predicted octanol–water partition coefficient (Wildman–Crippen LogP) is 0.754. The molecule has 100 valence electrons. The van der Waals surface area contributed by atoms with Crippen LogP contribution in [-0.4, -0.2) is 29.6 Å². The van der Waals surface area contributed by atoms with Gasteiger partial charge in [-0.15, -0.1) is 0 Å². The number of aliphatic carboxylic acids is 1. The molecule has 1 aromatic rings. The second kappa shape index (κ2) is 7.01. The molecule has 19 heavy (non-hydrogen) atoms. The molecule has 1 aromatic carbocycles. The molecule has 0 saturated heterocycles. The van der Waals surface area contributed by atoms with Crippen LogP contribution in [-0.2, 0) is 16.0 Å². The lowest BCUT2D eigenvalue weighted by Crippen LogP contribution is -2.44. The van der Waals surface area contributed by atoms with Gasteiger partial charge in [0.25, 0.3) is 0 Å². The maximum Gasteiger partial charge on any atom is 0.328 e. The summed E-state index contributed by atoms with van der Waals surface area (Å²) >= 11 is 0. The normalized spacial score (nSPS) is 11.2. The molecule has 0 aliphatic carbocycles. The van der Waals surface area contributed by atoms with Crippen LogP contribution in [0.2, 0.25) is 0 Å². The van der Waals surface area contributed by atoms with Crippen molar-refractivity contribution in [3.05, 3.63) is 29.8 Å². The van der Waals surface area contributed by atoms with Crippen LogP contribution < -0.4 is 10.6 Å². The summed E-state index contributed by atoms with van der Waals surface area (Å²) in [7, 11) is 0. The Morgan fingerprint density at radius 1 is 1.37 bits per heavy atom. The quantitative estimate of drug-likeness (QED) is 0.701. The van der Waals surface area contributed by atoms with Crippen LogP contribution in [0.15, 0.2) is 24.3 Å². The van der Waals surface area contributed by atoms with E-state index in [-0.39, 0.29) is 6.54 Å². The van der Waals surface area contributed by atoms with Crippen LogP contribution in [0.5, 0.6) is 0 Å². The fourth-order valence-corrected chi connectivity index (χ4v) is 1.50. The Morgan fingerprint density at radius 3 is 2.47 bits per heavy atom. The van der Waals surface area contributed by atoms with Gasteiger partial charge in [-0.25, -0.2) is 4.79 Å². The van der Waals surface area contributed by atoms with E-state index in [1.807, 2.05) is 6.07 Å². The number of rotatable bonds is 6. The minimum atomic E-state index is -1.09. The Balaban J connectivity index is 2.56. The summed E-state index contributed by atoms with van der Waals surface area (Å²) < 4.78 is 0. The maximum absolute atomic E-state index is 10.9. The van der Waals surface area contributed by atoms with E-state index >= 15 is 0 Å². The number of nitrogens with one attached hydrogen (secondary N) is 2. The molecule has 0 heterocycles. The van der Waals surface area contributed by atoms with Crippen molar-refractivity contribution in [3.8, 4) is 6.07 Å². The van der Waals surface area contributed by atoms with E-state index in [1.165, 1.54) is 6.92 Å². The molecule has 0 aliphatic heterocycles. The maximum atomic E-state index is 10.9. The summed E-state index contributed by atoms with van der Waals surface area (Å²) in [5, 5.41) is 22.7. The number of benzene rings is 1. The van der Waals surface area contributed by atoms with Gasteiger partial charge >= 0.3 is 5.97 Å². The smallest absolute Gasteiger partial charge is 0.328 e. The molecular weight excluding hydrogens is 246 g/mol. The van der Waals surface area contributed by atoms with Crippen molar-refractivity contribution < 1.29 is 14.7 Å². The van der Waals surface area contributed by atoms with Crippen LogP contribution >= 0.6 is 0 Å². The van der Waals surface area contributed by atoms with Gasteiger partial charge in [0.2, 0.25) is 5.91 Å². The monoisotopic (exact) mass is 261 g/mol. The Labute approximate surface area is 111 Å².